The van der Waals surface area contributed by atoms with Gasteiger partial charge in [-0.25, -0.2) is 0 Å². The van der Waals surface area contributed by atoms with Gasteiger partial charge in [0.15, 0.2) is 0 Å². The predicted molar refractivity (Wildman–Crippen MR) is 122 cm³/mol. The maximum Gasteiger partial charge on any atom is 0.241 e. The number of imide groups is 1. The van der Waals surface area contributed by atoms with Crippen LogP contribution in [0.1, 0.15) is 50.2 Å². The summed E-state index contributed by atoms with van der Waals surface area (Å²) in [5.41, 5.74) is 0.189. The molecule has 2 aromatic rings. The van der Waals surface area contributed by atoms with Gasteiger partial charge < -0.3 is 4.90 Å². The van der Waals surface area contributed by atoms with Crippen molar-refractivity contribution in [2.45, 2.75) is 51.0 Å². The predicted octanol–water partition coefficient (Wildman–Crippen LogP) is 2.89. The molecule has 0 spiro atoms. The highest BCUT2D eigenvalue weighted by molar-refractivity contribution is 6.10. The summed E-state index contributed by atoms with van der Waals surface area (Å²) in [5, 5.41) is 0. The highest BCUT2D eigenvalue weighted by Gasteiger charge is 2.54. The highest BCUT2D eigenvalue weighted by atomic mass is 16.2. The first-order chi connectivity index (χ1) is 15.9. The minimum Gasteiger partial charge on any atom is -0.342 e. The zero-order valence-electron chi connectivity index (χ0n) is 18.9. The Balaban J connectivity index is 1.61. The SMILES string of the molecule is CCC(=O)[C@H]1CCCN(C(=O)C[C@]2(c3ccccc3)CC(=O)N(Cc3cccnc3)C2=O)C1. The first kappa shape index (κ1) is 22.8. The number of Topliss-reactive ketones (excluding diaryl/α,β-unsaturated/α-hetero) is 1. The second kappa shape index (κ2) is 9.65. The van der Waals surface area contributed by atoms with Crippen molar-refractivity contribution in [1.82, 2.24) is 14.8 Å². The van der Waals surface area contributed by atoms with E-state index in [1.165, 1.54) is 4.90 Å². The van der Waals surface area contributed by atoms with Gasteiger partial charge in [-0.15, -0.1) is 0 Å². The van der Waals surface area contributed by atoms with Crippen molar-refractivity contribution in [3.63, 3.8) is 0 Å². The maximum absolute atomic E-state index is 13.7. The third-order valence-corrected chi connectivity index (χ3v) is 6.83. The summed E-state index contributed by atoms with van der Waals surface area (Å²) < 4.78 is 0. The number of nitrogens with zero attached hydrogens (tertiary/aromatic N) is 3. The van der Waals surface area contributed by atoms with Crippen molar-refractivity contribution in [3.8, 4) is 0 Å². The molecule has 7 heteroatoms. The average Bonchev–Trinajstić information content (AvgIpc) is 3.09. The van der Waals surface area contributed by atoms with Crippen LogP contribution in [0.15, 0.2) is 54.9 Å². The number of benzene rings is 1. The molecule has 33 heavy (non-hydrogen) atoms. The van der Waals surface area contributed by atoms with Gasteiger partial charge in [-0.05, 0) is 30.0 Å². The Kier molecular flexibility index (Phi) is 6.67. The molecule has 1 aromatic heterocycles. The number of piperidine rings is 1. The standard InChI is InChI=1S/C26H29N3O4/c1-2-22(30)20-9-7-13-28(18-20)23(31)14-26(21-10-4-3-5-11-21)15-24(32)29(25(26)33)17-19-8-6-12-27-16-19/h3-6,8,10-12,16,20H,2,7,9,13-15,17-18H2,1H3/t20-,26+/m0/s1. The summed E-state index contributed by atoms with van der Waals surface area (Å²) in [5.74, 6) is -0.812. The number of hydrogen-bond acceptors (Lipinski definition) is 5. The van der Waals surface area contributed by atoms with Gasteiger partial charge in [-0.1, -0.05) is 43.3 Å². The quantitative estimate of drug-likeness (QED) is 0.609. The van der Waals surface area contributed by atoms with Crippen LogP contribution in [-0.2, 0) is 31.1 Å². The first-order valence-electron chi connectivity index (χ1n) is 11.5. The molecule has 0 unspecified atom stereocenters. The molecule has 2 saturated heterocycles. The number of aromatic nitrogens is 1. The number of carbonyl (C=O) groups is 4. The van der Waals surface area contributed by atoms with Gasteiger partial charge in [-0.2, -0.15) is 0 Å². The number of carbonyl (C=O) groups excluding carboxylic acids is 4. The maximum atomic E-state index is 13.7. The summed E-state index contributed by atoms with van der Waals surface area (Å²) in [4.78, 5) is 59.4. The molecule has 3 amide bonds. The molecule has 2 aliphatic rings. The van der Waals surface area contributed by atoms with E-state index in [4.69, 9.17) is 0 Å². The molecule has 2 fully saturated rings. The van der Waals surface area contributed by atoms with Crippen molar-refractivity contribution in [3.05, 3.63) is 66.0 Å². The van der Waals surface area contributed by atoms with Crippen molar-refractivity contribution < 1.29 is 19.2 Å². The molecule has 0 aliphatic carbocycles. The van der Waals surface area contributed by atoms with E-state index in [9.17, 15) is 19.2 Å². The van der Waals surface area contributed by atoms with Crippen LogP contribution in [0.4, 0.5) is 0 Å². The summed E-state index contributed by atoms with van der Waals surface area (Å²) in [6.07, 6.45) is 5.14. The number of likely N-dealkylation sites (tertiary alicyclic amines) is 2. The summed E-state index contributed by atoms with van der Waals surface area (Å²) >= 11 is 0. The van der Waals surface area contributed by atoms with E-state index in [0.29, 0.717) is 25.1 Å². The molecule has 0 N–H and O–H groups in total. The van der Waals surface area contributed by atoms with Crippen LogP contribution < -0.4 is 0 Å². The fourth-order valence-corrected chi connectivity index (χ4v) is 4.98. The molecular formula is C26H29N3O4. The summed E-state index contributed by atoms with van der Waals surface area (Å²) in [7, 11) is 0. The van der Waals surface area contributed by atoms with Crippen molar-refractivity contribution in [2.75, 3.05) is 13.1 Å². The fourth-order valence-electron chi connectivity index (χ4n) is 4.98. The Morgan fingerprint density at radius 2 is 1.91 bits per heavy atom. The van der Waals surface area contributed by atoms with Gasteiger partial charge in [0.2, 0.25) is 17.7 Å². The largest absolute Gasteiger partial charge is 0.342 e. The van der Waals surface area contributed by atoms with E-state index in [-0.39, 0.29) is 48.8 Å². The number of hydrogen-bond donors (Lipinski definition) is 0. The van der Waals surface area contributed by atoms with Crippen LogP contribution in [0.3, 0.4) is 0 Å². The van der Waals surface area contributed by atoms with Crippen molar-refractivity contribution >= 4 is 23.5 Å². The lowest BCUT2D eigenvalue weighted by molar-refractivity contribution is -0.144. The number of amides is 3. The van der Waals surface area contributed by atoms with E-state index < -0.39 is 5.41 Å². The lowest BCUT2D eigenvalue weighted by Crippen LogP contribution is -2.47. The van der Waals surface area contributed by atoms with Crippen molar-refractivity contribution in [1.29, 1.82) is 0 Å². The van der Waals surface area contributed by atoms with E-state index in [2.05, 4.69) is 4.98 Å². The first-order valence-corrected chi connectivity index (χ1v) is 11.5. The average molecular weight is 448 g/mol. The molecular weight excluding hydrogens is 418 g/mol. The molecule has 3 heterocycles. The normalized spacial score (nSPS) is 23.1. The van der Waals surface area contributed by atoms with Gasteiger partial charge in [0, 0.05) is 50.7 Å². The van der Waals surface area contributed by atoms with Gasteiger partial charge >= 0.3 is 0 Å². The van der Waals surface area contributed by atoms with E-state index in [0.717, 1.165) is 18.4 Å². The number of ketones is 1. The lowest BCUT2D eigenvalue weighted by Gasteiger charge is -2.35. The number of rotatable bonds is 7. The second-order valence-electron chi connectivity index (χ2n) is 8.95. The van der Waals surface area contributed by atoms with Gasteiger partial charge in [-0.3, -0.25) is 29.1 Å². The van der Waals surface area contributed by atoms with Crippen LogP contribution >= 0.6 is 0 Å². The molecule has 0 saturated carbocycles. The summed E-state index contributed by atoms with van der Waals surface area (Å²) in [6, 6.07) is 12.7. The van der Waals surface area contributed by atoms with Crippen LogP contribution in [-0.4, -0.2) is 51.4 Å². The van der Waals surface area contributed by atoms with E-state index >= 15 is 0 Å². The molecule has 1 aromatic carbocycles. The summed E-state index contributed by atoms with van der Waals surface area (Å²) in [6.45, 7) is 2.93. The van der Waals surface area contributed by atoms with Crippen LogP contribution in [0.25, 0.3) is 0 Å². The Morgan fingerprint density at radius 3 is 2.61 bits per heavy atom. The van der Waals surface area contributed by atoms with Crippen LogP contribution in [0.2, 0.25) is 0 Å². The van der Waals surface area contributed by atoms with Gasteiger partial charge in [0.1, 0.15) is 5.78 Å². The van der Waals surface area contributed by atoms with Crippen molar-refractivity contribution in [2.24, 2.45) is 5.92 Å². The molecule has 172 valence electrons. The molecule has 0 bridgehead atoms. The monoisotopic (exact) mass is 447 g/mol. The molecule has 2 atom stereocenters. The second-order valence-corrected chi connectivity index (χ2v) is 8.95. The molecule has 2 aliphatic heterocycles. The van der Waals surface area contributed by atoms with Crippen LogP contribution in [0.5, 0.6) is 0 Å². The third-order valence-electron chi connectivity index (χ3n) is 6.83. The molecule has 4 rings (SSSR count). The molecule has 0 radical (unpaired) electrons. The van der Waals surface area contributed by atoms with E-state index in [1.807, 2.05) is 43.3 Å². The topological polar surface area (TPSA) is 87.7 Å². The highest BCUT2D eigenvalue weighted by Crippen LogP contribution is 2.41. The smallest absolute Gasteiger partial charge is 0.241 e. The third kappa shape index (κ3) is 4.58. The van der Waals surface area contributed by atoms with Gasteiger partial charge in [0.25, 0.3) is 0 Å². The van der Waals surface area contributed by atoms with Crippen LogP contribution in [0, 0.1) is 5.92 Å². The lowest BCUT2D eigenvalue weighted by atomic mass is 9.75. The fraction of sp³-hybridized carbons (Fsp3) is 0.423. The minimum absolute atomic E-state index is 0.0486. The van der Waals surface area contributed by atoms with E-state index in [1.54, 1.807) is 23.4 Å². The zero-order chi connectivity index (χ0) is 23.4. The van der Waals surface area contributed by atoms with Gasteiger partial charge in [0.05, 0.1) is 12.0 Å². The zero-order valence-corrected chi connectivity index (χ0v) is 18.9. The Labute approximate surface area is 193 Å². The Bertz CT molecular complexity index is 1040. The minimum atomic E-state index is -1.24. The Morgan fingerprint density at radius 1 is 1.12 bits per heavy atom. The number of pyridine rings is 1. The Hall–Kier alpha value is -3.35. The molecule has 7 nitrogen and oxygen atoms in total.